The highest BCUT2D eigenvalue weighted by Gasteiger charge is 2.70. The third kappa shape index (κ3) is 2.95. The maximum Gasteiger partial charge on any atom is 0.411 e. The number of rotatable bonds is 3. The Balaban J connectivity index is 1.92. The molecule has 0 saturated carbocycles. The van der Waals surface area contributed by atoms with Gasteiger partial charge in [-0.05, 0) is 31.2 Å². The number of aromatic nitrogens is 4. The van der Waals surface area contributed by atoms with Gasteiger partial charge in [-0.3, -0.25) is 24.5 Å². The van der Waals surface area contributed by atoms with E-state index in [9.17, 15) is 32.3 Å². The van der Waals surface area contributed by atoms with Gasteiger partial charge in [0.25, 0.3) is 17.0 Å². The van der Waals surface area contributed by atoms with Crippen molar-refractivity contribution in [2.75, 3.05) is 5.32 Å². The Morgan fingerprint density at radius 1 is 0.829 bits per heavy atom. The van der Waals surface area contributed by atoms with Gasteiger partial charge in [-0.15, -0.1) is 0 Å². The molecule has 0 saturated heterocycles. The third-order valence-electron chi connectivity index (χ3n) is 5.96. The molecular formula is C23H16F3N5O4. The van der Waals surface area contributed by atoms with Crippen molar-refractivity contribution < 1.29 is 18.0 Å². The second-order valence-electron chi connectivity index (χ2n) is 7.94. The lowest BCUT2D eigenvalue weighted by atomic mass is 9.75. The van der Waals surface area contributed by atoms with Crippen LogP contribution in [0.15, 0.2) is 75.0 Å². The van der Waals surface area contributed by atoms with Crippen molar-refractivity contribution in [3.05, 3.63) is 109 Å². The van der Waals surface area contributed by atoms with Gasteiger partial charge in [-0.1, -0.05) is 36.4 Å². The van der Waals surface area contributed by atoms with Gasteiger partial charge in [0.1, 0.15) is 5.82 Å². The molecule has 1 atom stereocenters. The summed E-state index contributed by atoms with van der Waals surface area (Å²) in [5, 5.41) is 4.64. The number of H-pyrrole nitrogens is 2. The molecule has 0 fully saturated rings. The Hall–Kier alpha value is -4.61. The predicted molar refractivity (Wildman–Crippen MR) is 119 cm³/mol. The molecule has 3 heterocycles. The van der Waals surface area contributed by atoms with Gasteiger partial charge in [-0.2, -0.15) is 13.2 Å². The van der Waals surface area contributed by atoms with E-state index < -0.39 is 51.3 Å². The first kappa shape index (κ1) is 22.2. The minimum absolute atomic E-state index is 0.107. The summed E-state index contributed by atoms with van der Waals surface area (Å²) >= 11 is 0. The average molecular weight is 483 g/mol. The number of amides is 1. The Kier molecular flexibility index (Phi) is 4.72. The molecule has 0 aliphatic carbocycles. The minimum atomic E-state index is -5.42. The lowest BCUT2D eigenvalue weighted by molar-refractivity contribution is -0.181. The van der Waals surface area contributed by atoms with Crippen molar-refractivity contribution in [1.82, 2.24) is 19.3 Å². The fourth-order valence-corrected chi connectivity index (χ4v) is 4.54. The highest BCUT2D eigenvalue weighted by molar-refractivity contribution is 6.09. The summed E-state index contributed by atoms with van der Waals surface area (Å²) in [4.78, 5) is 54.0. The number of aromatic amines is 2. The van der Waals surface area contributed by atoms with Gasteiger partial charge < -0.3 is 5.32 Å². The summed E-state index contributed by atoms with van der Waals surface area (Å²) in [7, 11) is 0. The molecule has 3 N–H and O–H groups in total. The van der Waals surface area contributed by atoms with Crippen LogP contribution in [-0.4, -0.2) is 31.4 Å². The zero-order valence-corrected chi connectivity index (χ0v) is 17.9. The Bertz CT molecular complexity index is 1650. The lowest BCUT2D eigenvalue weighted by Crippen LogP contribution is -2.54. The SMILES string of the molecule is Cc1[nH]n(-c2ccccc2)c(=O)c1C1(C(F)(F)F)C(=O)Nc2c1c(=O)[nH]c(=O)n2-c1ccccc1. The molecule has 0 spiro atoms. The molecule has 1 unspecified atom stereocenters. The molecule has 2 aromatic heterocycles. The first-order valence-electron chi connectivity index (χ1n) is 10.3. The van der Waals surface area contributed by atoms with Crippen LogP contribution >= 0.6 is 0 Å². The summed E-state index contributed by atoms with van der Waals surface area (Å²) < 4.78 is 46.5. The first-order valence-corrected chi connectivity index (χ1v) is 10.3. The number of hydrogen-bond donors (Lipinski definition) is 3. The Morgan fingerprint density at radius 2 is 1.40 bits per heavy atom. The van der Waals surface area contributed by atoms with E-state index in [1.807, 2.05) is 4.98 Å². The van der Waals surface area contributed by atoms with Crippen LogP contribution in [0.3, 0.4) is 0 Å². The maximum absolute atomic E-state index is 15.0. The predicted octanol–water partition coefficient (Wildman–Crippen LogP) is 2.11. The topological polar surface area (TPSA) is 122 Å². The van der Waals surface area contributed by atoms with E-state index in [2.05, 4.69) is 10.4 Å². The van der Waals surface area contributed by atoms with Crippen molar-refractivity contribution in [3.63, 3.8) is 0 Å². The summed E-state index contributed by atoms with van der Waals surface area (Å²) in [5.74, 6) is -2.32. The number of aryl methyl sites for hydroxylation is 1. The van der Waals surface area contributed by atoms with Crippen molar-refractivity contribution in [2.45, 2.75) is 18.5 Å². The third-order valence-corrected chi connectivity index (χ3v) is 5.96. The van der Waals surface area contributed by atoms with Crippen LogP contribution in [0.5, 0.6) is 0 Å². The molecule has 2 aromatic carbocycles. The highest BCUT2D eigenvalue weighted by Crippen LogP contribution is 2.51. The van der Waals surface area contributed by atoms with Crippen molar-refractivity contribution in [1.29, 1.82) is 0 Å². The van der Waals surface area contributed by atoms with E-state index in [1.165, 1.54) is 43.3 Å². The summed E-state index contributed by atoms with van der Waals surface area (Å²) in [6.45, 7) is 1.20. The molecule has 0 bridgehead atoms. The van der Waals surface area contributed by atoms with Gasteiger partial charge >= 0.3 is 11.9 Å². The number of hydrogen-bond acceptors (Lipinski definition) is 4. The molecule has 0 radical (unpaired) electrons. The van der Waals surface area contributed by atoms with Crippen LogP contribution in [0.4, 0.5) is 19.0 Å². The molecule has 5 rings (SSSR count). The van der Waals surface area contributed by atoms with E-state index in [-0.39, 0.29) is 17.1 Å². The van der Waals surface area contributed by atoms with Crippen molar-refractivity contribution in [3.8, 4) is 11.4 Å². The number of carbonyl (C=O) groups excluding carboxylic acids is 1. The van der Waals surface area contributed by atoms with E-state index in [0.717, 1.165) is 9.25 Å². The second kappa shape index (κ2) is 7.45. The van der Waals surface area contributed by atoms with Crippen molar-refractivity contribution >= 4 is 11.7 Å². The molecule has 4 aromatic rings. The number of nitrogens with zero attached hydrogens (tertiary/aromatic N) is 2. The van der Waals surface area contributed by atoms with Gasteiger partial charge in [0.2, 0.25) is 5.41 Å². The minimum Gasteiger partial charge on any atom is -0.310 e. The second-order valence-corrected chi connectivity index (χ2v) is 7.94. The summed E-state index contributed by atoms with van der Waals surface area (Å²) in [6.07, 6.45) is -5.42. The van der Waals surface area contributed by atoms with Gasteiger partial charge in [0.05, 0.1) is 22.5 Å². The van der Waals surface area contributed by atoms with Gasteiger partial charge in [-0.25, -0.2) is 14.0 Å². The van der Waals surface area contributed by atoms with Crippen LogP contribution in [0.25, 0.3) is 11.4 Å². The molecule has 178 valence electrons. The van der Waals surface area contributed by atoms with Crippen LogP contribution in [0, 0.1) is 6.92 Å². The zero-order chi connectivity index (χ0) is 25.1. The molecule has 1 amide bonds. The Labute approximate surface area is 193 Å². The lowest BCUT2D eigenvalue weighted by Gasteiger charge is -2.28. The fraction of sp³-hybridized carbons (Fsp3) is 0.130. The molecule has 35 heavy (non-hydrogen) atoms. The number of anilines is 1. The monoisotopic (exact) mass is 483 g/mol. The van der Waals surface area contributed by atoms with Crippen LogP contribution in [0.2, 0.25) is 0 Å². The number of carbonyl (C=O) groups is 1. The largest absolute Gasteiger partial charge is 0.411 e. The molecule has 9 nitrogen and oxygen atoms in total. The number of benzene rings is 2. The molecular weight excluding hydrogens is 467 g/mol. The molecule has 12 heteroatoms. The van der Waals surface area contributed by atoms with Gasteiger partial charge in [0, 0.05) is 5.69 Å². The van der Waals surface area contributed by atoms with E-state index in [1.54, 1.807) is 24.3 Å². The maximum atomic E-state index is 15.0. The smallest absolute Gasteiger partial charge is 0.310 e. The highest BCUT2D eigenvalue weighted by atomic mass is 19.4. The fourth-order valence-electron chi connectivity index (χ4n) is 4.54. The van der Waals surface area contributed by atoms with E-state index >= 15 is 0 Å². The van der Waals surface area contributed by atoms with Gasteiger partial charge in [0.15, 0.2) is 0 Å². The standard InChI is InChI=1S/C23H16F3N5O4/c1-12-15(19(33)31(29-12)14-10-6-3-7-11-14)22(23(24,25)26)16-17(27-20(22)34)30(21(35)28-18(16)32)13-8-4-2-5-9-13/h2-11,29H,1H3,(H,27,34)(H,28,32,35). The number of alkyl halides is 3. The van der Waals surface area contributed by atoms with E-state index in [4.69, 9.17) is 0 Å². The summed E-state index contributed by atoms with van der Waals surface area (Å²) in [5.41, 5.74) is -9.29. The molecule has 1 aliphatic rings. The van der Waals surface area contributed by atoms with Crippen LogP contribution in [0.1, 0.15) is 16.8 Å². The number of fused-ring (bicyclic) bond motifs is 1. The summed E-state index contributed by atoms with van der Waals surface area (Å²) in [6, 6.07) is 15.3. The number of nitrogens with one attached hydrogen (secondary N) is 3. The quantitative estimate of drug-likeness (QED) is 0.413. The zero-order valence-electron chi connectivity index (χ0n) is 17.9. The normalized spacial score (nSPS) is 17.3. The van der Waals surface area contributed by atoms with Crippen LogP contribution in [-0.2, 0) is 10.2 Å². The van der Waals surface area contributed by atoms with Crippen molar-refractivity contribution in [2.24, 2.45) is 0 Å². The van der Waals surface area contributed by atoms with Crippen LogP contribution < -0.4 is 22.1 Å². The molecule has 1 aliphatic heterocycles. The van der Waals surface area contributed by atoms with E-state index in [0.29, 0.717) is 0 Å². The average Bonchev–Trinajstić information content (AvgIpc) is 3.28. The first-order chi connectivity index (χ1) is 16.6. The Morgan fingerprint density at radius 3 is 1.97 bits per heavy atom. The number of halogens is 3. The number of para-hydroxylation sites is 2.